The molecule has 188 valence electrons. The number of benzene rings is 3. The molecule has 1 saturated heterocycles. The number of rotatable bonds is 6. The maximum atomic E-state index is 13.1. The third-order valence-electron chi connectivity index (χ3n) is 6.22. The fourth-order valence-corrected chi connectivity index (χ4v) is 4.64. The molecule has 0 aliphatic carbocycles. The molecule has 3 aromatic carbocycles. The van der Waals surface area contributed by atoms with Gasteiger partial charge in [0.2, 0.25) is 0 Å². The monoisotopic (exact) mass is 513 g/mol. The van der Waals surface area contributed by atoms with E-state index in [1.807, 2.05) is 79.1 Å². The highest BCUT2D eigenvalue weighted by atomic mass is 32.2. The molecule has 9 heteroatoms. The molecule has 1 aromatic heterocycles. The number of hydrogen-bond donors (Lipinski definition) is 1. The average molecular weight is 514 g/mol. The lowest BCUT2D eigenvalue weighted by atomic mass is 10.0. The molecule has 1 fully saturated rings. The van der Waals surface area contributed by atoms with Gasteiger partial charge < -0.3 is 19.9 Å². The number of nitrogens with one attached hydrogen (secondary N) is 1. The zero-order chi connectivity index (χ0) is 25.6. The van der Waals surface area contributed by atoms with Crippen LogP contribution >= 0.6 is 11.8 Å². The molecule has 1 aliphatic heterocycles. The fourth-order valence-electron chi connectivity index (χ4n) is 4.27. The van der Waals surface area contributed by atoms with Crippen LogP contribution in [0.1, 0.15) is 15.9 Å². The molecule has 2 heterocycles. The van der Waals surface area contributed by atoms with Crippen LogP contribution in [0, 0.1) is 0 Å². The zero-order valence-corrected chi connectivity index (χ0v) is 21.3. The number of hydrogen-bond acceptors (Lipinski definition) is 7. The Morgan fingerprint density at radius 2 is 1.65 bits per heavy atom. The zero-order valence-electron chi connectivity index (χ0n) is 20.5. The highest BCUT2D eigenvalue weighted by molar-refractivity contribution is 7.98. The molecule has 5 rings (SSSR count). The summed E-state index contributed by atoms with van der Waals surface area (Å²) in [4.78, 5) is 38.6. The summed E-state index contributed by atoms with van der Waals surface area (Å²) in [7, 11) is 0. The van der Waals surface area contributed by atoms with E-state index in [1.54, 1.807) is 11.0 Å². The predicted molar refractivity (Wildman–Crippen MR) is 146 cm³/mol. The maximum absolute atomic E-state index is 13.1. The number of fused-ring (bicyclic) bond motifs is 1. The summed E-state index contributed by atoms with van der Waals surface area (Å²) in [6.45, 7) is 2.49. The largest absolute Gasteiger partial charge is 0.445 e. The smallest absolute Gasteiger partial charge is 0.410 e. The summed E-state index contributed by atoms with van der Waals surface area (Å²) in [5.74, 6) is 0.932. The summed E-state index contributed by atoms with van der Waals surface area (Å²) in [5, 5.41) is 5.40. The lowest BCUT2D eigenvalue weighted by Crippen LogP contribution is -2.49. The molecule has 0 radical (unpaired) electrons. The Morgan fingerprint density at radius 1 is 0.919 bits per heavy atom. The van der Waals surface area contributed by atoms with Crippen LogP contribution in [0.2, 0.25) is 0 Å². The Hall–Kier alpha value is -4.11. The summed E-state index contributed by atoms with van der Waals surface area (Å²) in [5.41, 5.74) is 1.55. The molecule has 0 spiro atoms. The van der Waals surface area contributed by atoms with Crippen LogP contribution in [-0.4, -0.2) is 59.3 Å². The maximum Gasteiger partial charge on any atom is 0.410 e. The van der Waals surface area contributed by atoms with Gasteiger partial charge in [-0.05, 0) is 28.7 Å². The number of thioether (sulfide) groups is 1. The number of ether oxygens (including phenoxy) is 1. The molecular formula is C28H27N5O3S. The first-order chi connectivity index (χ1) is 18.1. The Morgan fingerprint density at radius 3 is 2.43 bits per heavy atom. The van der Waals surface area contributed by atoms with Gasteiger partial charge in [0.05, 0.1) is 0 Å². The Kier molecular flexibility index (Phi) is 7.51. The normalized spacial score (nSPS) is 13.4. The van der Waals surface area contributed by atoms with Crippen molar-refractivity contribution in [1.82, 2.24) is 14.9 Å². The Balaban J connectivity index is 1.24. The van der Waals surface area contributed by atoms with Gasteiger partial charge >= 0.3 is 6.09 Å². The van der Waals surface area contributed by atoms with Crippen molar-refractivity contribution in [3.63, 3.8) is 0 Å². The summed E-state index contributed by atoms with van der Waals surface area (Å²) in [6, 6.07) is 24.9. The van der Waals surface area contributed by atoms with Crippen LogP contribution < -0.4 is 10.2 Å². The molecule has 8 nitrogen and oxygen atoms in total. The second kappa shape index (κ2) is 11.3. The van der Waals surface area contributed by atoms with E-state index < -0.39 is 0 Å². The third kappa shape index (κ3) is 5.83. The predicted octanol–water partition coefficient (Wildman–Crippen LogP) is 5.06. The number of aromatic nitrogens is 2. The van der Waals surface area contributed by atoms with Crippen molar-refractivity contribution in [2.75, 3.05) is 42.7 Å². The van der Waals surface area contributed by atoms with Crippen molar-refractivity contribution in [3.8, 4) is 0 Å². The highest BCUT2D eigenvalue weighted by Gasteiger charge is 2.24. The lowest BCUT2D eigenvalue weighted by Gasteiger charge is -2.35. The number of anilines is 2. The molecule has 37 heavy (non-hydrogen) atoms. The van der Waals surface area contributed by atoms with Crippen LogP contribution in [0.15, 0.2) is 84.0 Å². The second-order valence-corrected chi connectivity index (χ2v) is 9.37. The topological polar surface area (TPSA) is 87.7 Å². The number of amides is 2. The molecule has 4 aromatic rings. The first kappa shape index (κ1) is 24.6. The van der Waals surface area contributed by atoms with Gasteiger partial charge in [0, 0.05) is 37.8 Å². The van der Waals surface area contributed by atoms with Gasteiger partial charge in [-0.25, -0.2) is 14.8 Å². The molecule has 0 unspecified atom stereocenters. The Bertz CT molecular complexity index is 1400. The van der Waals surface area contributed by atoms with E-state index >= 15 is 0 Å². The van der Waals surface area contributed by atoms with E-state index in [4.69, 9.17) is 4.74 Å². The van der Waals surface area contributed by atoms with Gasteiger partial charge in [0.15, 0.2) is 5.16 Å². The quantitative estimate of drug-likeness (QED) is 0.285. The van der Waals surface area contributed by atoms with Crippen molar-refractivity contribution in [2.24, 2.45) is 0 Å². The van der Waals surface area contributed by atoms with Crippen LogP contribution in [0.5, 0.6) is 0 Å². The highest BCUT2D eigenvalue weighted by Crippen LogP contribution is 2.24. The van der Waals surface area contributed by atoms with E-state index in [0.29, 0.717) is 48.5 Å². The lowest BCUT2D eigenvalue weighted by molar-refractivity contribution is 0.0940. The minimum Gasteiger partial charge on any atom is -0.445 e. The minimum atomic E-state index is -0.320. The summed E-state index contributed by atoms with van der Waals surface area (Å²) >= 11 is 1.41. The molecule has 1 aliphatic rings. The van der Waals surface area contributed by atoms with Crippen LogP contribution in [-0.2, 0) is 11.3 Å². The first-order valence-electron chi connectivity index (χ1n) is 12.0. The molecule has 0 saturated carbocycles. The number of nitrogens with zero attached hydrogens (tertiary/aromatic N) is 4. The molecule has 0 bridgehead atoms. The van der Waals surface area contributed by atoms with Crippen molar-refractivity contribution in [3.05, 3.63) is 90.0 Å². The summed E-state index contributed by atoms with van der Waals surface area (Å²) in [6.07, 6.45) is 1.58. The van der Waals surface area contributed by atoms with Gasteiger partial charge in [-0.1, -0.05) is 78.5 Å². The fraction of sp³-hybridized carbons (Fsp3) is 0.214. The number of carbonyl (C=O) groups is 2. The molecule has 1 N–H and O–H groups in total. The van der Waals surface area contributed by atoms with E-state index in [9.17, 15) is 9.59 Å². The van der Waals surface area contributed by atoms with E-state index in [-0.39, 0.29) is 18.6 Å². The van der Waals surface area contributed by atoms with Crippen LogP contribution in [0.3, 0.4) is 0 Å². The van der Waals surface area contributed by atoms with E-state index in [0.717, 1.165) is 16.3 Å². The van der Waals surface area contributed by atoms with Gasteiger partial charge in [0.1, 0.15) is 18.2 Å². The second-order valence-electron chi connectivity index (χ2n) is 8.59. The molecule has 2 amide bonds. The Labute approximate surface area is 219 Å². The van der Waals surface area contributed by atoms with Crippen LogP contribution in [0.25, 0.3) is 10.8 Å². The SMILES string of the molecule is CSc1nc(NC(=O)c2cccc3ccccc23)cc(N2CCN(C(=O)OCc3ccccc3)CC2)n1. The van der Waals surface area contributed by atoms with Crippen molar-refractivity contribution >= 4 is 46.2 Å². The van der Waals surface area contributed by atoms with Gasteiger partial charge in [0.25, 0.3) is 5.91 Å². The number of piperazine rings is 1. The van der Waals surface area contributed by atoms with E-state index in [1.165, 1.54) is 11.8 Å². The van der Waals surface area contributed by atoms with E-state index in [2.05, 4.69) is 20.2 Å². The van der Waals surface area contributed by atoms with Crippen molar-refractivity contribution in [2.45, 2.75) is 11.8 Å². The van der Waals surface area contributed by atoms with Gasteiger partial charge in [-0.2, -0.15) is 0 Å². The molecule has 0 atom stereocenters. The average Bonchev–Trinajstić information content (AvgIpc) is 2.96. The third-order valence-corrected chi connectivity index (χ3v) is 6.77. The van der Waals surface area contributed by atoms with Crippen molar-refractivity contribution in [1.29, 1.82) is 0 Å². The summed E-state index contributed by atoms with van der Waals surface area (Å²) < 4.78 is 5.47. The van der Waals surface area contributed by atoms with Crippen LogP contribution in [0.4, 0.5) is 16.4 Å². The molecular weight excluding hydrogens is 486 g/mol. The number of carbonyl (C=O) groups excluding carboxylic acids is 2. The van der Waals surface area contributed by atoms with Gasteiger partial charge in [-0.15, -0.1) is 0 Å². The van der Waals surface area contributed by atoms with Gasteiger partial charge in [-0.3, -0.25) is 4.79 Å². The minimum absolute atomic E-state index is 0.223. The first-order valence-corrected chi connectivity index (χ1v) is 13.3. The van der Waals surface area contributed by atoms with Crippen molar-refractivity contribution < 1.29 is 14.3 Å². The standard InChI is InChI=1S/C28H27N5O3S/c1-37-27-30-24(29-26(34)23-13-7-11-21-10-5-6-12-22(21)23)18-25(31-27)32-14-16-33(17-15-32)28(35)36-19-20-8-3-2-4-9-20/h2-13,18H,14-17,19H2,1H3,(H,29,30,31,34).